The summed E-state index contributed by atoms with van der Waals surface area (Å²) >= 11 is 5.95. The van der Waals surface area contributed by atoms with Gasteiger partial charge in [-0.2, -0.15) is 0 Å². The van der Waals surface area contributed by atoms with Crippen molar-refractivity contribution in [3.05, 3.63) is 71.2 Å². The molecule has 13 nitrogen and oxygen atoms in total. The highest BCUT2D eigenvalue weighted by molar-refractivity contribution is 7.92. The van der Waals surface area contributed by atoms with Gasteiger partial charge in [0.15, 0.2) is 11.5 Å². The van der Waals surface area contributed by atoms with Gasteiger partial charge in [0.2, 0.25) is 6.79 Å². The minimum Gasteiger partial charge on any atom is -0.490 e. The van der Waals surface area contributed by atoms with Gasteiger partial charge in [0, 0.05) is 55.1 Å². The van der Waals surface area contributed by atoms with Gasteiger partial charge in [-0.15, -0.1) is 0 Å². The Hall–Kier alpha value is -4.24. The Morgan fingerprint density at radius 2 is 1.73 bits per heavy atom. The molecule has 0 radical (unpaired) electrons. The first kappa shape index (κ1) is 38.0. The van der Waals surface area contributed by atoms with Gasteiger partial charge in [0.05, 0.1) is 35.3 Å². The van der Waals surface area contributed by atoms with Crippen LogP contribution in [-0.2, 0) is 14.8 Å². The molecule has 0 fully saturated rings. The van der Waals surface area contributed by atoms with Crippen molar-refractivity contribution >= 4 is 44.9 Å². The number of aliphatic hydroxyl groups is 1. The van der Waals surface area contributed by atoms with Crippen molar-refractivity contribution in [1.29, 1.82) is 0 Å². The van der Waals surface area contributed by atoms with Gasteiger partial charge in [-0.1, -0.05) is 18.5 Å². The van der Waals surface area contributed by atoms with Gasteiger partial charge in [0.1, 0.15) is 5.75 Å². The van der Waals surface area contributed by atoms with E-state index >= 15 is 0 Å². The quantitative estimate of drug-likeness (QED) is 0.258. The van der Waals surface area contributed by atoms with Crippen molar-refractivity contribution in [1.82, 2.24) is 9.80 Å². The van der Waals surface area contributed by atoms with Crippen molar-refractivity contribution in [3.8, 4) is 17.2 Å². The Morgan fingerprint density at radius 1 is 1.02 bits per heavy atom. The van der Waals surface area contributed by atoms with Crippen LogP contribution in [0.4, 0.5) is 16.2 Å². The number of benzene rings is 3. The number of fused-ring (bicyclic) bond motifs is 2. The SMILES string of the molecule is C[C@@H]1CCCCO[C@@H](CN(C)C(=O)Nc2ccc3c(c2)OCO3)[C@H](C)CN([C@@H](C)CO)C(=O)c2cc(NS(=O)(=O)c3ccc(Cl)cc3)ccc2O1. The first-order chi connectivity index (χ1) is 24.3. The number of aliphatic hydroxyl groups excluding tert-OH is 1. The van der Waals surface area contributed by atoms with E-state index in [1.165, 1.54) is 40.1 Å². The molecule has 15 heteroatoms. The fourth-order valence-corrected chi connectivity index (χ4v) is 7.00. The van der Waals surface area contributed by atoms with Crippen LogP contribution in [0.3, 0.4) is 0 Å². The molecular formula is C36H45ClN4O9S. The predicted octanol–water partition coefficient (Wildman–Crippen LogP) is 5.83. The summed E-state index contributed by atoms with van der Waals surface area (Å²) in [7, 11) is -2.33. The number of nitrogens with one attached hydrogen (secondary N) is 2. The zero-order chi connectivity index (χ0) is 36.7. The number of ether oxygens (including phenoxy) is 4. The Morgan fingerprint density at radius 3 is 2.47 bits per heavy atom. The Bertz CT molecular complexity index is 1790. The molecular weight excluding hydrogens is 700 g/mol. The summed E-state index contributed by atoms with van der Waals surface area (Å²) in [5, 5.41) is 13.5. The largest absolute Gasteiger partial charge is 0.490 e. The van der Waals surface area contributed by atoms with Gasteiger partial charge in [-0.25, -0.2) is 13.2 Å². The monoisotopic (exact) mass is 744 g/mol. The number of carbonyl (C=O) groups excluding carboxylic acids is 2. The minimum atomic E-state index is -4.01. The maximum atomic E-state index is 14.4. The van der Waals surface area contributed by atoms with E-state index in [-0.39, 0.29) is 60.7 Å². The zero-order valence-electron chi connectivity index (χ0n) is 29.1. The van der Waals surface area contributed by atoms with Crippen LogP contribution < -0.4 is 24.2 Å². The summed E-state index contributed by atoms with van der Waals surface area (Å²) in [6.07, 6.45) is 1.49. The van der Waals surface area contributed by atoms with Crippen LogP contribution in [-0.4, -0.2) is 93.7 Å². The number of hydrogen-bond acceptors (Lipinski definition) is 9. The molecule has 0 bridgehead atoms. The van der Waals surface area contributed by atoms with Crippen LogP contribution in [0.5, 0.6) is 17.2 Å². The van der Waals surface area contributed by atoms with E-state index in [0.717, 1.165) is 12.8 Å². The van der Waals surface area contributed by atoms with Crippen LogP contribution in [0.2, 0.25) is 5.02 Å². The molecule has 2 aliphatic rings. The molecule has 0 spiro atoms. The number of anilines is 2. The predicted molar refractivity (Wildman–Crippen MR) is 193 cm³/mol. The maximum Gasteiger partial charge on any atom is 0.321 e. The molecule has 0 saturated heterocycles. The van der Waals surface area contributed by atoms with E-state index in [0.29, 0.717) is 41.0 Å². The molecule has 0 saturated carbocycles. The van der Waals surface area contributed by atoms with Gasteiger partial charge >= 0.3 is 6.03 Å². The van der Waals surface area contributed by atoms with Crippen LogP contribution >= 0.6 is 11.6 Å². The van der Waals surface area contributed by atoms with Crippen LogP contribution in [0.25, 0.3) is 0 Å². The molecule has 276 valence electrons. The van der Waals surface area contributed by atoms with E-state index < -0.39 is 28.1 Å². The third-order valence-corrected chi connectivity index (χ3v) is 10.5. The van der Waals surface area contributed by atoms with E-state index in [9.17, 15) is 23.1 Å². The van der Waals surface area contributed by atoms with Crippen molar-refractivity contribution in [2.75, 3.05) is 50.2 Å². The number of carbonyl (C=O) groups is 2. The molecule has 0 unspecified atom stereocenters. The van der Waals surface area contributed by atoms with Gasteiger partial charge < -0.3 is 39.2 Å². The number of halogens is 1. The summed E-state index contributed by atoms with van der Waals surface area (Å²) < 4.78 is 52.4. The molecule has 3 amide bonds. The number of nitrogens with zero attached hydrogens (tertiary/aromatic N) is 2. The fraction of sp³-hybridized carbons (Fsp3) is 0.444. The normalized spacial score (nSPS) is 20.4. The van der Waals surface area contributed by atoms with E-state index in [1.54, 1.807) is 44.3 Å². The second-order valence-corrected chi connectivity index (χ2v) is 15.1. The molecule has 5 rings (SSSR count). The van der Waals surface area contributed by atoms with Crippen molar-refractivity contribution in [3.63, 3.8) is 0 Å². The summed E-state index contributed by atoms with van der Waals surface area (Å²) in [5.74, 6) is 0.714. The minimum absolute atomic E-state index is 0.00752. The average molecular weight is 745 g/mol. The second-order valence-electron chi connectivity index (χ2n) is 12.9. The lowest BCUT2D eigenvalue weighted by molar-refractivity contribution is -0.0115. The molecule has 0 aliphatic carbocycles. The lowest BCUT2D eigenvalue weighted by Crippen LogP contribution is -2.48. The molecule has 3 aromatic rings. The number of urea groups is 1. The Balaban J connectivity index is 1.39. The van der Waals surface area contributed by atoms with Crippen molar-refractivity contribution in [2.24, 2.45) is 5.92 Å². The highest BCUT2D eigenvalue weighted by atomic mass is 35.5. The van der Waals surface area contributed by atoms with Crippen LogP contribution in [0.15, 0.2) is 65.6 Å². The fourth-order valence-electron chi connectivity index (χ4n) is 5.82. The number of likely N-dealkylation sites (N-methyl/N-ethyl adjacent to an activating group) is 1. The zero-order valence-corrected chi connectivity index (χ0v) is 30.7. The first-order valence-electron chi connectivity index (χ1n) is 16.9. The summed E-state index contributed by atoms with van der Waals surface area (Å²) in [6, 6.07) is 14.5. The maximum absolute atomic E-state index is 14.4. The summed E-state index contributed by atoms with van der Waals surface area (Å²) in [6.45, 7) is 6.20. The van der Waals surface area contributed by atoms with E-state index in [2.05, 4.69) is 10.0 Å². The number of amides is 3. The lowest BCUT2D eigenvalue weighted by atomic mass is 10.0. The van der Waals surface area contributed by atoms with Gasteiger partial charge in [0.25, 0.3) is 15.9 Å². The summed E-state index contributed by atoms with van der Waals surface area (Å²) in [5.41, 5.74) is 0.852. The van der Waals surface area contributed by atoms with Crippen LogP contribution in [0, 0.1) is 5.92 Å². The number of rotatable bonds is 8. The molecule has 0 aromatic heterocycles. The lowest BCUT2D eigenvalue weighted by Gasteiger charge is -2.35. The highest BCUT2D eigenvalue weighted by Gasteiger charge is 2.31. The Labute approximate surface area is 303 Å². The topological polar surface area (TPSA) is 156 Å². The van der Waals surface area contributed by atoms with Crippen molar-refractivity contribution < 1.29 is 42.1 Å². The molecule has 3 N–H and O–H groups in total. The van der Waals surface area contributed by atoms with Crippen molar-refractivity contribution in [2.45, 2.75) is 63.2 Å². The highest BCUT2D eigenvalue weighted by Crippen LogP contribution is 2.34. The third kappa shape index (κ3) is 9.76. The van der Waals surface area contributed by atoms with Gasteiger partial charge in [-0.05, 0) is 87.7 Å². The Kier molecular flexibility index (Phi) is 12.6. The van der Waals surface area contributed by atoms with Crippen LogP contribution in [0.1, 0.15) is 50.4 Å². The molecule has 3 aromatic carbocycles. The molecule has 2 heterocycles. The molecule has 4 atom stereocenters. The summed E-state index contributed by atoms with van der Waals surface area (Å²) in [4.78, 5) is 30.7. The second kappa shape index (κ2) is 16.9. The third-order valence-electron chi connectivity index (χ3n) is 8.85. The standard InChI is InChI=1S/C36H45ClN4O9S/c1-23-19-41(24(2)21-42)35(43)30-17-28(39-51(45,46)29-12-8-26(37)9-13-29)11-14-31(30)50-25(3)7-5-6-16-47-34(23)20-40(4)36(44)38-27-10-15-32-33(18-27)49-22-48-32/h8-15,17-18,23-25,34,39,42H,5-7,16,19-22H2,1-4H3,(H,38,44)/t23-,24+,25-,34+/m1/s1. The van der Waals surface area contributed by atoms with E-state index in [4.69, 9.17) is 30.5 Å². The van der Waals surface area contributed by atoms with Gasteiger partial charge in [-0.3, -0.25) is 9.52 Å². The average Bonchev–Trinajstić information content (AvgIpc) is 3.57. The molecule has 51 heavy (non-hydrogen) atoms. The number of sulfonamides is 1. The van der Waals surface area contributed by atoms with E-state index in [1.807, 2.05) is 13.8 Å². The molecule has 2 aliphatic heterocycles. The first-order valence-corrected chi connectivity index (χ1v) is 18.7. The smallest absolute Gasteiger partial charge is 0.321 e. The number of hydrogen-bond donors (Lipinski definition) is 3.